The van der Waals surface area contributed by atoms with Crippen molar-refractivity contribution in [2.45, 2.75) is 20.0 Å². The van der Waals surface area contributed by atoms with E-state index in [1.165, 1.54) is 19.4 Å². The third-order valence-corrected chi connectivity index (χ3v) is 5.40. The molecule has 9 heteroatoms. The molecule has 2 N–H and O–H groups in total. The summed E-state index contributed by atoms with van der Waals surface area (Å²) in [6.07, 6.45) is 4.27. The number of carbonyl (C=O) groups is 2. The molecule has 0 unspecified atom stereocenters. The summed E-state index contributed by atoms with van der Waals surface area (Å²) in [6.45, 7) is 7.05. The zero-order valence-corrected chi connectivity index (χ0v) is 20.5. The largest absolute Gasteiger partial charge is 0.495 e. The summed E-state index contributed by atoms with van der Waals surface area (Å²) in [5.41, 5.74) is 3.52. The monoisotopic (exact) mass is 485 g/mol. The molecule has 0 saturated heterocycles. The van der Waals surface area contributed by atoms with Crippen molar-refractivity contribution in [3.05, 3.63) is 73.1 Å². The van der Waals surface area contributed by atoms with E-state index in [-0.39, 0.29) is 23.5 Å². The molecule has 2 aromatic carbocycles. The van der Waals surface area contributed by atoms with Crippen LogP contribution in [0.3, 0.4) is 0 Å². The highest BCUT2D eigenvalue weighted by Gasteiger charge is 2.22. The SMILES string of the molecule is C=CC(=O)Nc1ccc(OC)c(Nc2ncc(C(=O)OC(C)C)c(-c3cn(C)c4ccccc34)n2)c1. The van der Waals surface area contributed by atoms with Gasteiger partial charge >= 0.3 is 5.97 Å². The first-order chi connectivity index (χ1) is 17.3. The van der Waals surface area contributed by atoms with Gasteiger partial charge in [-0.05, 0) is 44.2 Å². The minimum atomic E-state index is -0.508. The molecule has 0 radical (unpaired) electrons. The van der Waals surface area contributed by atoms with Crippen LogP contribution in [-0.2, 0) is 16.6 Å². The number of anilines is 3. The molecule has 4 rings (SSSR count). The second-order valence-corrected chi connectivity index (χ2v) is 8.31. The molecule has 0 bridgehead atoms. The predicted molar refractivity (Wildman–Crippen MR) is 140 cm³/mol. The molecule has 0 aliphatic rings. The van der Waals surface area contributed by atoms with Crippen molar-refractivity contribution in [1.29, 1.82) is 0 Å². The maximum Gasteiger partial charge on any atom is 0.342 e. The number of para-hydroxylation sites is 1. The summed E-state index contributed by atoms with van der Waals surface area (Å²) in [5.74, 6) is -0.0884. The minimum absolute atomic E-state index is 0.240. The smallest absolute Gasteiger partial charge is 0.342 e. The fourth-order valence-corrected chi connectivity index (χ4v) is 3.80. The van der Waals surface area contributed by atoms with Crippen LogP contribution in [0.2, 0.25) is 0 Å². The lowest BCUT2D eigenvalue weighted by Crippen LogP contribution is -2.14. The van der Waals surface area contributed by atoms with E-state index in [1.807, 2.05) is 42.1 Å². The summed E-state index contributed by atoms with van der Waals surface area (Å²) in [5, 5.41) is 6.80. The molecule has 0 atom stereocenters. The van der Waals surface area contributed by atoms with Gasteiger partial charge in [-0.25, -0.2) is 14.8 Å². The molecule has 184 valence electrons. The number of fused-ring (bicyclic) bond motifs is 1. The Balaban J connectivity index is 1.81. The van der Waals surface area contributed by atoms with Gasteiger partial charge in [0.05, 0.1) is 24.6 Å². The van der Waals surface area contributed by atoms with Gasteiger partial charge in [0, 0.05) is 41.6 Å². The maximum atomic E-state index is 12.9. The lowest BCUT2D eigenvalue weighted by molar-refractivity contribution is -0.111. The first-order valence-corrected chi connectivity index (χ1v) is 11.3. The fraction of sp³-hybridized carbons (Fsp3) is 0.185. The summed E-state index contributed by atoms with van der Waals surface area (Å²) in [7, 11) is 3.47. The van der Waals surface area contributed by atoms with Crippen LogP contribution < -0.4 is 15.4 Å². The Hall–Kier alpha value is -4.66. The molecule has 4 aromatic rings. The van der Waals surface area contributed by atoms with Crippen LogP contribution in [0.15, 0.2) is 67.5 Å². The van der Waals surface area contributed by atoms with Gasteiger partial charge < -0.3 is 24.7 Å². The predicted octanol–water partition coefficient (Wildman–Crippen LogP) is 5.08. The Labute approximate surface area is 208 Å². The Kier molecular flexibility index (Phi) is 7.00. The van der Waals surface area contributed by atoms with Gasteiger partial charge in [0.2, 0.25) is 11.9 Å². The van der Waals surface area contributed by atoms with E-state index in [0.29, 0.717) is 22.8 Å². The van der Waals surface area contributed by atoms with E-state index in [4.69, 9.17) is 14.5 Å². The van der Waals surface area contributed by atoms with Crippen molar-refractivity contribution in [1.82, 2.24) is 14.5 Å². The van der Waals surface area contributed by atoms with Crippen LogP contribution in [0.4, 0.5) is 17.3 Å². The van der Waals surface area contributed by atoms with E-state index in [1.54, 1.807) is 32.0 Å². The van der Waals surface area contributed by atoms with Crippen LogP contribution in [0.25, 0.3) is 22.2 Å². The summed E-state index contributed by atoms with van der Waals surface area (Å²) >= 11 is 0. The molecular formula is C27H27N5O4. The van der Waals surface area contributed by atoms with Gasteiger partial charge in [0.15, 0.2) is 0 Å². The topological polar surface area (TPSA) is 107 Å². The van der Waals surface area contributed by atoms with Crippen LogP contribution in [0.5, 0.6) is 5.75 Å². The number of benzene rings is 2. The number of rotatable bonds is 8. The second kappa shape index (κ2) is 10.3. The Morgan fingerprint density at radius 3 is 2.67 bits per heavy atom. The minimum Gasteiger partial charge on any atom is -0.495 e. The van der Waals surface area contributed by atoms with Crippen LogP contribution >= 0.6 is 0 Å². The normalized spacial score (nSPS) is 10.8. The number of nitrogens with one attached hydrogen (secondary N) is 2. The van der Waals surface area contributed by atoms with E-state index in [9.17, 15) is 9.59 Å². The van der Waals surface area contributed by atoms with Crippen molar-refractivity contribution in [3.63, 3.8) is 0 Å². The van der Waals surface area contributed by atoms with Gasteiger partial charge in [-0.15, -0.1) is 0 Å². The van der Waals surface area contributed by atoms with Crippen molar-refractivity contribution >= 4 is 40.1 Å². The van der Waals surface area contributed by atoms with Crippen molar-refractivity contribution < 1.29 is 19.1 Å². The van der Waals surface area contributed by atoms with E-state index in [2.05, 4.69) is 22.2 Å². The third kappa shape index (κ3) is 5.05. The molecular weight excluding hydrogens is 458 g/mol. The molecule has 0 aliphatic heterocycles. The standard InChI is InChI=1S/C27H27N5O4/c1-6-24(33)29-17-11-12-23(35-5)21(13-17)30-27-28-14-19(26(34)36-16(2)3)25(31-27)20-15-32(4)22-10-8-7-9-18(20)22/h6-16H,1H2,2-5H3,(H,29,33)(H,28,30,31). The zero-order valence-electron chi connectivity index (χ0n) is 20.5. The number of ether oxygens (including phenoxy) is 2. The van der Waals surface area contributed by atoms with Gasteiger partial charge in [-0.3, -0.25) is 4.79 Å². The van der Waals surface area contributed by atoms with Gasteiger partial charge in [0.25, 0.3) is 0 Å². The number of aromatic nitrogens is 3. The zero-order chi connectivity index (χ0) is 25.8. The maximum absolute atomic E-state index is 12.9. The highest BCUT2D eigenvalue weighted by atomic mass is 16.5. The highest BCUT2D eigenvalue weighted by molar-refractivity contribution is 6.03. The van der Waals surface area contributed by atoms with Crippen LogP contribution in [-0.4, -0.2) is 39.6 Å². The average molecular weight is 486 g/mol. The Bertz CT molecular complexity index is 1460. The number of methoxy groups -OCH3 is 1. The number of hydrogen-bond donors (Lipinski definition) is 2. The molecule has 9 nitrogen and oxygen atoms in total. The van der Waals surface area contributed by atoms with E-state index in [0.717, 1.165) is 16.5 Å². The fourth-order valence-electron chi connectivity index (χ4n) is 3.80. The summed E-state index contributed by atoms with van der Waals surface area (Å²) < 4.78 is 12.9. The molecule has 0 saturated carbocycles. The average Bonchev–Trinajstić information content (AvgIpc) is 3.20. The first kappa shape index (κ1) is 24.5. The molecule has 0 fully saturated rings. The van der Waals surface area contributed by atoms with Crippen molar-refractivity contribution in [2.75, 3.05) is 17.7 Å². The Morgan fingerprint density at radius 2 is 1.94 bits per heavy atom. The van der Waals surface area contributed by atoms with Crippen LogP contribution in [0.1, 0.15) is 24.2 Å². The number of nitrogens with zero attached hydrogens (tertiary/aromatic N) is 3. The van der Waals surface area contributed by atoms with Crippen molar-refractivity contribution in [3.8, 4) is 17.0 Å². The number of carbonyl (C=O) groups excluding carboxylic acids is 2. The summed E-state index contributed by atoms with van der Waals surface area (Å²) in [4.78, 5) is 33.8. The van der Waals surface area contributed by atoms with Crippen molar-refractivity contribution in [2.24, 2.45) is 7.05 Å². The van der Waals surface area contributed by atoms with E-state index < -0.39 is 5.97 Å². The number of amides is 1. The van der Waals surface area contributed by atoms with E-state index >= 15 is 0 Å². The Morgan fingerprint density at radius 1 is 1.17 bits per heavy atom. The highest BCUT2D eigenvalue weighted by Crippen LogP contribution is 2.34. The number of hydrogen-bond acceptors (Lipinski definition) is 7. The van der Waals surface area contributed by atoms with Crippen LogP contribution in [0, 0.1) is 0 Å². The molecule has 2 heterocycles. The van der Waals surface area contributed by atoms with Gasteiger partial charge in [0.1, 0.15) is 11.3 Å². The van der Waals surface area contributed by atoms with Gasteiger partial charge in [-0.1, -0.05) is 24.8 Å². The molecule has 2 aromatic heterocycles. The molecule has 0 spiro atoms. The number of esters is 1. The third-order valence-electron chi connectivity index (χ3n) is 5.40. The molecule has 36 heavy (non-hydrogen) atoms. The molecule has 1 amide bonds. The quantitative estimate of drug-likeness (QED) is 0.265. The van der Waals surface area contributed by atoms with Gasteiger partial charge in [-0.2, -0.15) is 0 Å². The molecule has 0 aliphatic carbocycles. The summed E-state index contributed by atoms with van der Waals surface area (Å²) in [6, 6.07) is 13.0. The lowest BCUT2D eigenvalue weighted by Gasteiger charge is -2.14. The lowest BCUT2D eigenvalue weighted by atomic mass is 10.1. The number of aryl methyl sites for hydroxylation is 1. The first-order valence-electron chi connectivity index (χ1n) is 11.3. The second-order valence-electron chi connectivity index (χ2n) is 8.31.